The lowest BCUT2D eigenvalue weighted by atomic mass is 10.1. The van der Waals surface area contributed by atoms with Gasteiger partial charge in [-0.1, -0.05) is 31.8 Å². The summed E-state index contributed by atoms with van der Waals surface area (Å²) in [7, 11) is -3.39. The van der Waals surface area contributed by atoms with Gasteiger partial charge in [-0.25, -0.2) is 4.79 Å². The number of carbonyl (C=O) groups excluding carboxylic acids is 1. The number of hydrogen-bond acceptors (Lipinski definition) is 3. The van der Waals surface area contributed by atoms with Crippen LogP contribution in [0.5, 0.6) is 0 Å². The Morgan fingerprint density at radius 3 is 1.85 bits per heavy atom. The number of nitrogens with two attached hydrogens (primary N) is 1. The maximum Gasteiger partial charge on any atom is 0.324 e. The maximum absolute atomic E-state index is 12.0. The lowest BCUT2D eigenvalue weighted by molar-refractivity contribution is 0.0724. The summed E-state index contributed by atoms with van der Waals surface area (Å²) in [5.41, 5.74) is 8.18. The van der Waals surface area contributed by atoms with Crippen molar-refractivity contribution in [3.8, 4) is 0 Å². The molecule has 1 atom stereocenters. The van der Waals surface area contributed by atoms with Gasteiger partial charge in [-0.15, -0.1) is 0 Å². The normalized spacial score (nSPS) is 15.6. The summed E-state index contributed by atoms with van der Waals surface area (Å²) in [6, 6.07) is 7.56. The van der Waals surface area contributed by atoms with Gasteiger partial charge in [0.1, 0.15) is 0 Å². The molecule has 0 amide bonds. The van der Waals surface area contributed by atoms with Gasteiger partial charge >= 0.3 is 5.97 Å². The maximum atomic E-state index is 12.0. The Balaban J connectivity index is 2.98. The smallest absolute Gasteiger partial charge is 0.324 e. The van der Waals surface area contributed by atoms with Gasteiger partial charge in [0.2, 0.25) is 8.32 Å². The summed E-state index contributed by atoms with van der Waals surface area (Å²) >= 11 is 0. The molecule has 1 aromatic rings. The van der Waals surface area contributed by atoms with E-state index < -0.39 is 16.4 Å². The van der Waals surface area contributed by atoms with E-state index in [4.69, 9.17) is 10.2 Å². The van der Waals surface area contributed by atoms with E-state index in [-0.39, 0.29) is 11.1 Å². The first-order valence-corrected chi connectivity index (χ1v) is 13.9. The Labute approximate surface area is 124 Å². The summed E-state index contributed by atoms with van der Waals surface area (Å²) in [6.45, 7) is 14.8. The molecule has 0 spiro atoms. The molecule has 0 aliphatic rings. The van der Waals surface area contributed by atoms with E-state index in [2.05, 4.69) is 26.6 Å². The molecular formula is C15H27NO2Si2. The first-order valence-electron chi connectivity index (χ1n) is 6.97. The zero-order chi connectivity index (χ0) is 15.8. The first-order chi connectivity index (χ1) is 8.84. The standard InChI is InChI=1S/C15H27NO2Si2/c1-15(16,19(2,3)4)13-10-8-12(9-11-13)14(17)18-20(5,6)7/h8-11H,16H2,1-7H3. The predicted molar refractivity (Wildman–Crippen MR) is 90.1 cm³/mol. The lowest BCUT2D eigenvalue weighted by Gasteiger charge is -2.37. The number of carbonyl (C=O) groups is 1. The molecule has 0 aromatic heterocycles. The van der Waals surface area contributed by atoms with Crippen LogP contribution in [0, 0.1) is 0 Å². The zero-order valence-corrected chi connectivity index (χ0v) is 15.7. The van der Waals surface area contributed by atoms with E-state index in [0.717, 1.165) is 5.56 Å². The van der Waals surface area contributed by atoms with Gasteiger partial charge in [0.05, 0.1) is 13.6 Å². The second-order valence-electron chi connectivity index (χ2n) is 7.53. The highest BCUT2D eigenvalue weighted by Gasteiger charge is 2.36. The van der Waals surface area contributed by atoms with Crippen LogP contribution in [0.15, 0.2) is 24.3 Å². The van der Waals surface area contributed by atoms with Crippen LogP contribution in [0.2, 0.25) is 39.3 Å². The number of benzene rings is 1. The van der Waals surface area contributed by atoms with Gasteiger partial charge in [-0.05, 0) is 44.3 Å². The molecule has 5 heteroatoms. The van der Waals surface area contributed by atoms with Crippen LogP contribution in [0.3, 0.4) is 0 Å². The molecule has 0 bridgehead atoms. The molecule has 1 unspecified atom stereocenters. The van der Waals surface area contributed by atoms with E-state index in [1.54, 1.807) is 0 Å². The summed E-state index contributed by atoms with van der Waals surface area (Å²) in [5.74, 6) is -0.234. The van der Waals surface area contributed by atoms with Crippen LogP contribution in [-0.4, -0.2) is 22.4 Å². The van der Waals surface area contributed by atoms with Crippen LogP contribution < -0.4 is 5.73 Å². The molecule has 2 N–H and O–H groups in total. The highest BCUT2D eigenvalue weighted by Crippen LogP contribution is 2.29. The fourth-order valence-electron chi connectivity index (χ4n) is 1.72. The van der Waals surface area contributed by atoms with E-state index in [1.165, 1.54) is 0 Å². The fourth-order valence-corrected chi connectivity index (χ4v) is 3.43. The van der Waals surface area contributed by atoms with E-state index in [9.17, 15) is 4.79 Å². The molecule has 0 fully saturated rings. The van der Waals surface area contributed by atoms with Crippen molar-refractivity contribution in [1.82, 2.24) is 0 Å². The van der Waals surface area contributed by atoms with E-state index >= 15 is 0 Å². The number of hydrogen-bond donors (Lipinski definition) is 1. The summed E-state index contributed by atoms with van der Waals surface area (Å²) in [5, 5.41) is -0.311. The van der Waals surface area contributed by atoms with Crippen LogP contribution >= 0.6 is 0 Å². The Hall–Kier alpha value is -0.916. The van der Waals surface area contributed by atoms with Crippen LogP contribution in [0.1, 0.15) is 22.8 Å². The van der Waals surface area contributed by atoms with Gasteiger partial charge in [0.15, 0.2) is 0 Å². The third-order valence-corrected chi connectivity index (χ3v) is 7.88. The minimum atomic E-state index is -1.85. The SMILES string of the molecule is CC(N)(c1ccc(C(=O)O[Si](C)(C)C)cc1)[Si](C)(C)C. The summed E-state index contributed by atoms with van der Waals surface area (Å²) < 4.78 is 5.49. The van der Waals surface area contributed by atoms with Crippen molar-refractivity contribution in [2.45, 2.75) is 51.4 Å². The zero-order valence-electron chi connectivity index (χ0n) is 13.7. The second-order valence-corrected chi connectivity index (χ2v) is 17.5. The molecule has 0 saturated carbocycles. The van der Waals surface area contributed by atoms with Gasteiger partial charge in [0.25, 0.3) is 0 Å². The quantitative estimate of drug-likeness (QED) is 0.862. The van der Waals surface area contributed by atoms with Crippen molar-refractivity contribution in [3.63, 3.8) is 0 Å². The van der Waals surface area contributed by atoms with Crippen molar-refractivity contribution in [2.75, 3.05) is 0 Å². The highest BCUT2D eigenvalue weighted by atomic mass is 28.4. The predicted octanol–water partition coefficient (Wildman–Crippen LogP) is 3.73. The topological polar surface area (TPSA) is 52.3 Å². The van der Waals surface area contributed by atoms with Crippen molar-refractivity contribution in [2.24, 2.45) is 5.73 Å². The molecular weight excluding hydrogens is 282 g/mol. The van der Waals surface area contributed by atoms with Gasteiger partial charge in [-0.3, -0.25) is 0 Å². The summed E-state index contributed by atoms with van der Waals surface area (Å²) in [6.07, 6.45) is 0. The molecule has 0 radical (unpaired) electrons. The average molecular weight is 310 g/mol. The Bertz CT molecular complexity index is 482. The largest absolute Gasteiger partial charge is 0.516 e. The molecule has 0 aliphatic carbocycles. The molecule has 0 heterocycles. The van der Waals surface area contributed by atoms with E-state index in [0.29, 0.717) is 5.56 Å². The molecule has 20 heavy (non-hydrogen) atoms. The number of rotatable bonds is 4. The molecule has 0 aliphatic heterocycles. The van der Waals surface area contributed by atoms with Crippen LogP contribution in [0.25, 0.3) is 0 Å². The minimum Gasteiger partial charge on any atom is -0.516 e. The average Bonchev–Trinajstić information content (AvgIpc) is 2.25. The monoisotopic (exact) mass is 309 g/mol. The van der Waals surface area contributed by atoms with E-state index in [1.807, 2.05) is 43.9 Å². The minimum absolute atomic E-state index is 0.234. The Morgan fingerprint density at radius 1 is 1.05 bits per heavy atom. The van der Waals surface area contributed by atoms with Gasteiger partial charge in [0, 0.05) is 5.16 Å². The third-order valence-electron chi connectivity index (χ3n) is 3.68. The van der Waals surface area contributed by atoms with Crippen molar-refractivity contribution >= 4 is 22.4 Å². The molecule has 1 rings (SSSR count). The highest BCUT2D eigenvalue weighted by molar-refractivity contribution is 6.78. The third kappa shape index (κ3) is 4.04. The lowest BCUT2D eigenvalue weighted by Crippen LogP contribution is -2.54. The molecule has 0 saturated heterocycles. The summed E-state index contributed by atoms with van der Waals surface area (Å²) in [4.78, 5) is 12.0. The first kappa shape index (κ1) is 17.1. The van der Waals surface area contributed by atoms with Crippen molar-refractivity contribution in [3.05, 3.63) is 35.4 Å². The van der Waals surface area contributed by atoms with Crippen LogP contribution in [-0.2, 0) is 9.59 Å². The van der Waals surface area contributed by atoms with Gasteiger partial charge in [-0.2, -0.15) is 0 Å². The Morgan fingerprint density at radius 2 is 1.50 bits per heavy atom. The second kappa shape index (κ2) is 5.46. The van der Waals surface area contributed by atoms with Gasteiger partial charge < -0.3 is 10.2 Å². The van der Waals surface area contributed by atoms with Crippen molar-refractivity contribution in [1.29, 1.82) is 0 Å². The van der Waals surface area contributed by atoms with Crippen LogP contribution in [0.4, 0.5) is 0 Å². The Kier molecular flexibility index (Phi) is 4.68. The van der Waals surface area contributed by atoms with Crippen molar-refractivity contribution < 1.29 is 9.22 Å². The fraction of sp³-hybridized carbons (Fsp3) is 0.533. The molecule has 1 aromatic carbocycles. The molecule has 112 valence electrons. The molecule has 3 nitrogen and oxygen atoms in total.